The summed E-state index contributed by atoms with van der Waals surface area (Å²) >= 11 is 0. The lowest BCUT2D eigenvalue weighted by molar-refractivity contribution is 0.215. The van der Waals surface area contributed by atoms with Crippen molar-refractivity contribution in [3.8, 4) is 16.9 Å². The van der Waals surface area contributed by atoms with Crippen molar-refractivity contribution in [1.82, 2.24) is 9.88 Å². The van der Waals surface area contributed by atoms with E-state index in [1.165, 1.54) is 36.9 Å². The minimum atomic E-state index is 0.641. The van der Waals surface area contributed by atoms with Gasteiger partial charge in [-0.2, -0.15) is 0 Å². The van der Waals surface area contributed by atoms with Crippen molar-refractivity contribution in [3.05, 3.63) is 48.3 Å². The first-order chi connectivity index (χ1) is 10.8. The molecule has 2 heterocycles. The van der Waals surface area contributed by atoms with Crippen molar-refractivity contribution in [3.63, 3.8) is 0 Å². The molecule has 0 N–H and O–H groups in total. The standard InChI is InChI=1S/C19H22N2O/c1-14-10-15(16-4-3-9-20-11-16)7-8-19(14)22-13-18-12-21(18)17-5-2-6-17/h3-4,7-11,17-18H,2,5-6,12-13H2,1H3. The molecule has 1 saturated carbocycles. The van der Waals surface area contributed by atoms with Gasteiger partial charge in [0.1, 0.15) is 12.4 Å². The van der Waals surface area contributed by atoms with Gasteiger partial charge >= 0.3 is 0 Å². The Morgan fingerprint density at radius 1 is 1.23 bits per heavy atom. The molecule has 1 aromatic carbocycles. The van der Waals surface area contributed by atoms with Gasteiger partial charge in [-0.1, -0.05) is 18.6 Å². The van der Waals surface area contributed by atoms with Gasteiger partial charge in [-0.05, 0) is 49.1 Å². The molecule has 1 aromatic heterocycles. The van der Waals surface area contributed by atoms with Crippen molar-refractivity contribution < 1.29 is 4.74 Å². The Kier molecular flexibility index (Phi) is 3.59. The Morgan fingerprint density at radius 2 is 2.14 bits per heavy atom. The van der Waals surface area contributed by atoms with E-state index in [9.17, 15) is 0 Å². The summed E-state index contributed by atoms with van der Waals surface area (Å²) in [7, 11) is 0. The van der Waals surface area contributed by atoms with E-state index in [1.54, 1.807) is 6.20 Å². The lowest BCUT2D eigenvalue weighted by Gasteiger charge is -2.27. The molecule has 1 saturated heterocycles. The lowest BCUT2D eigenvalue weighted by atomic mass is 9.93. The van der Waals surface area contributed by atoms with Crippen LogP contribution >= 0.6 is 0 Å². The van der Waals surface area contributed by atoms with Gasteiger partial charge in [-0.25, -0.2) is 0 Å². The van der Waals surface area contributed by atoms with E-state index in [2.05, 4.69) is 41.1 Å². The quantitative estimate of drug-likeness (QED) is 0.787. The number of hydrogen-bond acceptors (Lipinski definition) is 3. The van der Waals surface area contributed by atoms with Crippen LogP contribution in [0.25, 0.3) is 11.1 Å². The van der Waals surface area contributed by atoms with Crippen molar-refractivity contribution in [1.29, 1.82) is 0 Å². The molecule has 2 aromatic rings. The number of aromatic nitrogens is 1. The molecule has 1 aliphatic heterocycles. The van der Waals surface area contributed by atoms with Gasteiger partial charge in [0.05, 0.1) is 6.04 Å². The van der Waals surface area contributed by atoms with E-state index in [1.807, 2.05) is 12.3 Å². The molecule has 3 nitrogen and oxygen atoms in total. The third kappa shape index (κ3) is 2.73. The Bertz CT molecular complexity index is 652. The highest BCUT2D eigenvalue weighted by Crippen LogP contribution is 2.34. The summed E-state index contributed by atoms with van der Waals surface area (Å²) in [6.07, 6.45) is 7.88. The van der Waals surface area contributed by atoms with E-state index < -0.39 is 0 Å². The predicted molar refractivity (Wildman–Crippen MR) is 88.0 cm³/mol. The fourth-order valence-electron chi connectivity index (χ4n) is 3.22. The molecule has 2 unspecified atom stereocenters. The van der Waals surface area contributed by atoms with Crippen LogP contribution in [0.5, 0.6) is 5.75 Å². The lowest BCUT2D eigenvalue weighted by Crippen LogP contribution is -2.29. The number of nitrogens with zero attached hydrogens (tertiary/aromatic N) is 2. The molecule has 114 valence electrons. The van der Waals surface area contributed by atoms with Gasteiger partial charge in [-0.15, -0.1) is 0 Å². The molecule has 2 fully saturated rings. The zero-order chi connectivity index (χ0) is 14.9. The van der Waals surface area contributed by atoms with Crippen molar-refractivity contribution in [2.75, 3.05) is 13.2 Å². The van der Waals surface area contributed by atoms with Crippen LogP contribution in [0, 0.1) is 6.92 Å². The minimum absolute atomic E-state index is 0.641. The number of pyridine rings is 1. The summed E-state index contributed by atoms with van der Waals surface area (Å²) in [5.41, 5.74) is 3.54. The molecule has 3 heteroatoms. The summed E-state index contributed by atoms with van der Waals surface area (Å²) in [5, 5.41) is 0. The molecule has 2 atom stereocenters. The number of benzene rings is 1. The van der Waals surface area contributed by atoms with Gasteiger partial charge < -0.3 is 4.74 Å². The minimum Gasteiger partial charge on any atom is -0.492 e. The van der Waals surface area contributed by atoms with E-state index in [0.717, 1.165) is 24.0 Å². The summed E-state index contributed by atoms with van der Waals surface area (Å²) < 4.78 is 6.04. The second-order valence-electron chi connectivity index (χ2n) is 6.47. The van der Waals surface area contributed by atoms with Gasteiger partial charge in [-0.3, -0.25) is 9.88 Å². The van der Waals surface area contributed by atoms with E-state index in [-0.39, 0.29) is 0 Å². The zero-order valence-electron chi connectivity index (χ0n) is 13.0. The van der Waals surface area contributed by atoms with Crippen molar-refractivity contribution in [2.45, 2.75) is 38.3 Å². The van der Waals surface area contributed by atoms with Crippen molar-refractivity contribution >= 4 is 0 Å². The molecule has 0 radical (unpaired) electrons. The van der Waals surface area contributed by atoms with Gasteiger partial charge in [0.15, 0.2) is 0 Å². The topological polar surface area (TPSA) is 25.1 Å². The second-order valence-corrected chi connectivity index (χ2v) is 6.47. The Labute approximate surface area is 131 Å². The van der Waals surface area contributed by atoms with Crippen LogP contribution in [0.1, 0.15) is 24.8 Å². The van der Waals surface area contributed by atoms with E-state index in [0.29, 0.717) is 6.04 Å². The van der Waals surface area contributed by atoms with Crippen LogP contribution in [-0.4, -0.2) is 35.1 Å². The average Bonchev–Trinajstić information content (AvgIpc) is 3.24. The largest absolute Gasteiger partial charge is 0.492 e. The summed E-state index contributed by atoms with van der Waals surface area (Å²) in [5.74, 6) is 1.01. The van der Waals surface area contributed by atoms with Crippen LogP contribution in [0.3, 0.4) is 0 Å². The highest BCUT2D eigenvalue weighted by molar-refractivity contribution is 5.64. The van der Waals surface area contributed by atoms with Crippen LogP contribution in [0.2, 0.25) is 0 Å². The third-order valence-electron chi connectivity index (χ3n) is 4.90. The molecular weight excluding hydrogens is 272 g/mol. The summed E-state index contributed by atoms with van der Waals surface area (Å²) in [4.78, 5) is 6.77. The molecule has 2 aliphatic rings. The highest BCUT2D eigenvalue weighted by atomic mass is 16.5. The monoisotopic (exact) mass is 294 g/mol. The van der Waals surface area contributed by atoms with Gasteiger partial charge in [0.2, 0.25) is 0 Å². The maximum atomic E-state index is 6.04. The molecule has 0 amide bonds. The van der Waals surface area contributed by atoms with E-state index in [4.69, 9.17) is 4.74 Å². The van der Waals surface area contributed by atoms with Gasteiger partial charge in [0, 0.05) is 30.5 Å². The highest BCUT2D eigenvalue weighted by Gasteiger charge is 2.42. The van der Waals surface area contributed by atoms with Gasteiger partial charge in [0.25, 0.3) is 0 Å². The van der Waals surface area contributed by atoms with Crippen molar-refractivity contribution in [2.24, 2.45) is 0 Å². The van der Waals surface area contributed by atoms with E-state index >= 15 is 0 Å². The van der Waals surface area contributed by atoms with Crippen LogP contribution < -0.4 is 4.74 Å². The fraction of sp³-hybridized carbons (Fsp3) is 0.421. The Morgan fingerprint density at radius 3 is 2.82 bits per heavy atom. The maximum Gasteiger partial charge on any atom is 0.122 e. The molecule has 0 bridgehead atoms. The smallest absolute Gasteiger partial charge is 0.122 e. The Hall–Kier alpha value is -1.87. The van der Waals surface area contributed by atoms with Crippen LogP contribution in [-0.2, 0) is 0 Å². The van der Waals surface area contributed by atoms with Crippen LogP contribution in [0.15, 0.2) is 42.7 Å². The first kappa shape index (κ1) is 13.8. The number of ether oxygens (including phenoxy) is 1. The molecule has 22 heavy (non-hydrogen) atoms. The third-order valence-corrected chi connectivity index (χ3v) is 4.90. The molecular formula is C19H22N2O. The normalized spacial score (nSPS) is 23.9. The first-order valence-corrected chi connectivity index (χ1v) is 8.21. The maximum absolute atomic E-state index is 6.04. The number of hydrogen-bond donors (Lipinski definition) is 0. The molecule has 1 aliphatic carbocycles. The fourth-order valence-corrected chi connectivity index (χ4v) is 3.22. The number of rotatable bonds is 5. The average molecular weight is 294 g/mol. The number of aryl methyl sites for hydroxylation is 1. The molecule has 0 spiro atoms. The SMILES string of the molecule is Cc1cc(-c2cccnc2)ccc1OCC1CN1C1CCC1. The summed E-state index contributed by atoms with van der Waals surface area (Å²) in [6, 6.07) is 11.9. The zero-order valence-corrected chi connectivity index (χ0v) is 13.0. The first-order valence-electron chi connectivity index (χ1n) is 8.21. The second kappa shape index (κ2) is 5.73. The summed E-state index contributed by atoms with van der Waals surface area (Å²) in [6.45, 7) is 4.16. The Balaban J connectivity index is 1.38. The van der Waals surface area contributed by atoms with Crippen LogP contribution in [0.4, 0.5) is 0 Å². The molecule has 4 rings (SSSR count). The predicted octanol–water partition coefficient (Wildman–Crippen LogP) is 3.67.